The van der Waals surface area contributed by atoms with Gasteiger partial charge < -0.3 is 14.2 Å². The summed E-state index contributed by atoms with van der Waals surface area (Å²) in [5, 5.41) is 10.2. The van der Waals surface area contributed by atoms with E-state index in [1.54, 1.807) is 32.5 Å². The van der Waals surface area contributed by atoms with Gasteiger partial charge in [-0.2, -0.15) is 5.26 Å². The smallest absolute Gasteiger partial charge is 0.323 e. The lowest BCUT2D eigenvalue weighted by Crippen LogP contribution is -2.39. The lowest BCUT2D eigenvalue weighted by Gasteiger charge is -2.34. The molecule has 0 bridgehead atoms. The van der Waals surface area contributed by atoms with Gasteiger partial charge in [0.2, 0.25) is 0 Å². The summed E-state index contributed by atoms with van der Waals surface area (Å²) in [7, 11) is 5.26. The summed E-state index contributed by atoms with van der Waals surface area (Å²) in [5.74, 6) is 1.72. The van der Waals surface area contributed by atoms with Gasteiger partial charge in [0.25, 0.3) is 5.56 Å². The molecule has 0 radical (unpaired) electrons. The number of methoxy groups -OCH3 is 1. The van der Waals surface area contributed by atoms with Gasteiger partial charge in [0.1, 0.15) is 28.3 Å². The van der Waals surface area contributed by atoms with Gasteiger partial charge in [0.15, 0.2) is 11.9 Å². The molecule has 3 heterocycles. The minimum absolute atomic E-state index is 0.106. The lowest BCUT2D eigenvalue weighted by molar-refractivity contribution is -0.463. The Labute approximate surface area is 209 Å². The zero-order valence-electron chi connectivity index (χ0n) is 20.2. The summed E-state index contributed by atoms with van der Waals surface area (Å²) in [6.45, 7) is 0. The van der Waals surface area contributed by atoms with Crippen LogP contribution in [0.1, 0.15) is 44.1 Å². The molecule has 5 rings (SSSR count). The van der Waals surface area contributed by atoms with Crippen molar-refractivity contribution in [1.29, 1.82) is 5.26 Å². The molecule has 0 spiro atoms. The van der Waals surface area contributed by atoms with Gasteiger partial charge in [-0.3, -0.25) is 4.79 Å². The van der Waals surface area contributed by atoms with Crippen LogP contribution in [-0.4, -0.2) is 51.1 Å². The number of nitrogens with zero attached hydrogens (tertiary/aromatic N) is 6. The van der Waals surface area contributed by atoms with Crippen LogP contribution in [0, 0.1) is 11.3 Å². The van der Waals surface area contributed by atoms with Gasteiger partial charge in [-0.25, -0.2) is 9.56 Å². The van der Waals surface area contributed by atoms with Gasteiger partial charge >= 0.3 is 5.82 Å². The summed E-state index contributed by atoms with van der Waals surface area (Å²) in [5.41, 5.74) is 2.99. The van der Waals surface area contributed by atoms with E-state index in [2.05, 4.69) is 25.5 Å². The van der Waals surface area contributed by atoms with E-state index in [0.29, 0.717) is 27.9 Å². The molecular formula is C26H28ClN6O2+. The van der Waals surface area contributed by atoms with Crippen molar-refractivity contribution < 1.29 is 9.31 Å². The van der Waals surface area contributed by atoms with Crippen LogP contribution in [0.4, 0.5) is 11.5 Å². The molecule has 9 heteroatoms. The van der Waals surface area contributed by atoms with E-state index in [1.807, 2.05) is 19.2 Å². The molecule has 2 saturated carbocycles. The second-order valence-corrected chi connectivity index (χ2v) is 9.65. The molecule has 0 aromatic carbocycles. The summed E-state index contributed by atoms with van der Waals surface area (Å²) >= 11 is 6.21. The maximum Gasteiger partial charge on any atom is 0.323 e. The molecule has 0 atom stereocenters. The first-order valence-corrected chi connectivity index (χ1v) is 12.3. The Hall–Kier alpha value is -3.44. The third-order valence-corrected chi connectivity index (χ3v) is 7.39. The third kappa shape index (κ3) is 4.25. The molecule has 8 nitrogen and oxygen atoms in total. The second kappa shape index (κ2) is 9.31. The van der Waals surface area contributed by atoms with Crippen LogP contribution in [-0.2, 0) is 7.05 Å². The van der Waals surface area contributed by atoms with Crippen molar-refractivity contribution in [2.24, 2.45) is 7.05 Å². The highest BCUT2D eigenvalue weighted by Gasteiger charge is 2.37. The van der Waals surface area contributed by atoms with Crippen LogP contribution in [0.15, 0.2) is 35.3 Å². The summed E-state index contributed by atoms with van der Waals surface area (Å²) in [6.07, 6.45) is 7.81. The number of anilines is 1. The highest BCUT2D eigenvalue weighted by molar-refractivity contribution is 6.29. The molecule has 0 saturated heterocycles. The standard InChI is InChI=1S/C26H28ClN6O2/c1-31(25-20(14-28)26(34)32(2)21-11-12-22(27)30-24(21)25)16-4-6-17(7-5-16)33(18-8-9-18)23-13-10-19(35-3)15-29-23/h10-13,15-16,18H,4-9H2,1-3H3/q+1. The van der Waals surface area contributed by atoms with Crippen molar-refractivity contribution in [2.45, 2.75) is 50.6 Å². The Balaban J connectivity index is 1.47. The highest BCUT2D eigenvalue weighted by atomic mass is 35.5. The zero-order valence-corrected chi connectivity index (χ0v) is 20.9. The van der Waals surface area contributed by atoms with E-state index in [1.165, 1.54) is 23.1 Å². The van der Waals surface area contributed by atoms with Crippen molar-refractivity contribution in [2.75, 3.05) is 19.1 Å². The van der Waals surface area contributed by atoms with Crippen molar-refractivity contribution in [3.63, 3.8) is 0 Å². The number of rotatable bonds is 5. The topological polar surface area (TPSA) is 87.0 Å². The molecule has 35 heavy (non-hydrogen) atoms. The summed E-state index contributed by atoms with van der Waals surface area (Å²) in [4.78, 5) is 24.2. The molecule has 2 aliphatic carbocycles. The Morgan fingerprint density at radius 1 is 1.20 bits per heavy atom. The van der Waals surface area contributed by atoms with Crippen molar-refractivity contribution >= 4 is 39.9 Å². The fourth-order valence-corrected chi connectivity index (χ4v) is 5.28. The number of nitriles is 1. The molecule has 0 amide bonds. The number of aryl methyl sites for hydroxylation is 1. The number of fused-ring (bicyclic) bond motifs is 1. The number of hydrogen-bond donors (Lipinski definition) is 0. The number of hydrogen-bond acceptors (Lipinski definition) is 6. The average Bonchev–Trinajstić information content (AvgIpc) is 3.71. The molecule has 2 fully saturated rings. The van der Waals surface area contributed by atoms with Crippen LogP contribution in [0.3, 0.4) is 0 Å². The third-order valence-electron chi connectivity index (χ3n) is 7.18. The minimum Gasteiger partial charge on any atom is -0.493 e. The maximum absolute atomic E-state index is 13.0. The van der Waals surface area contributed by atoms with Gasteiger partial charge in [0, 0.05) is 39.0 Å². The summed E-state index contributed by atoms with van der Waals surface area (Å²) < 4.78 is 9.15. The van der Waals surface area contributed by atoms with Crippen molar-refractivity contribution in [3.05, 3.63) is 51.5 Å². The quantitative estimate of drug-likeness (QED) is 0.393. The monoisotopic (exact) mass is 491 g/mol. The zero-order chi connectivity index (χ0) is 24.7. The lowest BCUT2D eigenvalue weighted by atomic mass is 9.91. The van der Waals surface area contributed by atoms with Crippen molar-refractivity contribution in [1.82, 2.24) is 14.5 Å². The van der Waals surface area contributed by atoms with Gasteiger partial charge in [0.05, 0.1) is 24.0 Å². The average molecular weight is 492 g/mol. The van der Waals surface area contributed by atoms with E-state index in [9.17, 15) is 10.1 Å². The van der Waals surface area contributed by atoms with E-state index in [4.69, 9.17) is 16.3 Å². The van der Waals surface area contributed by atoms with E-state index in [-0.39, 0.29) is 17.2 Å². The molecule has 180 valence electrons. The maximum atomic E-state index is 13.0. The Kier molecular flexibility index (Phi) is 6.20. The number of pyridine rings is 3. The van der Waals surface area contributed by atoms with Crippen LogP contribution in [0.5, 0.6) is 5.75 Å². The predicted molar refractivity (Wildman–Crippen MR) is 136 cm³/mol. The SMILES string of the molecule is COc1ccc([N+](=C2CCC(N(C)c3c(C#N)c(=O)n(C)c4ccc(Cl)nc34)CC2)C2CC2)nc1. The molecule has 3 aromatic heterocycles. The van der Waals surface area contributed by atoms with Crippen molar-refractivity contribution in [3.8, 4) is 11.8 Å². The Bertz CT molecular complexity index is 1410. The van der Waals surface area contributed by atoms with E-state index < -0.39 is 0 Å². The first-order chi connectivity index (χ1) is 16.9. The van der Waals surface area contributed by atoms with Crippen LogP contribution < -0.4 is 15.2 Å². The molecule has 0 unspecified atom stereocenters. The van der Waals surface area contributed by atoms with Crippen LogP contribution in [0.25, 0.3) is 11.0 Å². The Morgan fingerprint density at radius 3 is 2.54 bits per heavy atom. The largest absolute Gasteiger partial charge is 0.493 e. The van der Waals surface area contributed by atoms with Gasteiger partial charge in [-0.15, -0.1) is 0 Å². The fourth-order valence-electron chi connectivity index (χ4n) is 5.14. The van der Waals surface area contributed by atoms with Gasteiger partial charge in [-0.05, 0) is 48.9 Å². The highest BCUT2D eigenvalue weighted by Crippen LogP contribution is 2.35. The van der Waals surface area contributed by atoms with E-state index >= 15 is 0 Å². The van der Waals surface area contributed by atoms with Crippen LogP contribution >= 0.6 is 11.6 Å². The fraction of sp³-hybridized carbons (Fsp3) is 0.423. The Morgan fingerprint density at radius 2 is 1.94 bits per heavy atom. The number of aromatic nitrogens is 3. The second-order valence-electron chi connectivity index (χ2n) is 9.27. The minimum atomic E-state index is -0.320. The molecular weight excluding hydrogens is 464 g/mol. The molecule has 0 N–H and O–H groups in total. The van der Waals surface area contributed by atoms with Crippen LogP contribution in [0.2, 0.25) is 5.15 Å². The summed E-state index contributed by atoms with van der Waals surface area (Å²) in [6, 6.07) is 10.3. The molecule has 0 aliphatic heterocycles. The van der Waals surface area contributed by atoms with E-state index in [0.717, 1.165) is 37.3 Å². The van der Waals surface area contributed by atoms with Gasteiger partial charge in [-0.1, -0.05) is 11.6 Å². The normalized spacial score (nSPS) is 17.8. The number of halogens is 1. The number of ether oxygens (including phenoxy) is 1. The first-order valence-electron chi connectivity index (χ1n) is 11.9. The molecule has 2 aliphatic rings. The predicted octanol–water partition coefficient (Wildman–Crippen LogP) is 4.19. The molecule has 3 aromatic rings. The first kappa shape index (κ1) is 23.3.